The van der Waals surface area contributed by atoms with Crippen molar-refractivity contribution < 1.29 is 0 Å². The first-order valence-electron chi connectivity index (χ1n) is 7.91. The van der Waals surface area contributed by atoms with E-state index in [-0.39, 0.29) is 0 Å². The van der Waals surface area contributed by atoms with Crippen LogP contribution in [0.25, 0.3) is 0 Å². The van der Waals surface area contributed by atoms with Gasteiger partial charge >= 0.3 is 0 Å². The molecule has 0 aliphatic heterocycles. The van der Waals surface area contributed by atoms with Gasteiger partial charge in [-0.1, -0.05) is 96.8 Å². The van der Waals surface area contributed by atoms with Crippen molar-refractivity contribution in [2.24, 2.45) is 0 Å². The molecule has 0 amide bonds. The highest BCUT2D eigenvalue weighted by Crippen LogP contribution is 2.12. The van der Waals surface area contributed by atoms with Crippen LogP contribution in [0.4, 0.5) is 0 Å². The zero-order chi connectivity index (χ0) is 12.6. The molecule has 0 aromatic carbocycles. The normalized spacial score (nSPS) is 10.9. The molecule has 0 heterocycles. The van der Waals surface area contributed by atoms with Crippen LogP contribution in [0.1, 0.15) is 96.3 Å². The van der Waals surface area contributed by atoms with E-state index < -0.39 is 0 Å². The first kappa shape index (κ1) is 17.0. The third kappa shape index (κ3) is 16.0. The van der Waals surface area contributed by atoms with E-state index in [9.17, 15) is 0 Å². The van der Waals surface area contributed by atoms with Crippen LogP contribution in [-0.4, -0.2) is 0 Å². The van der Waals surface area contributed by atoms with E-state index in [0.717, 1.165) is 12.8 Å². The second-order valence-electron chi connectivity index (χ2n) is 5.24. The van der Waals surface area contributed by atoms with Crippen LogP contribution < -0.4 is 0 Å². The van der Waals surface area contributed by atoms with Gasteiger partial charge in [0.25, 0.3) is 0 Å². The molecule has 0 aromatic rings. The van der Waals surface area contributed by atoms with Crippen LogP contribution in [0.2, 0.25) is 0 Å². The van der Waals surface area contributed by atoms with Gasteiger partial charge in [-0.05, 0) is 13.3 Å². The molecule has 0 aromatic heterocycles. The second-order valence-corrected chi connectivity index (χ2v) is 5.24. The van der Waals surface area contributed by atoms with E-state index in [1.165, 1.54) is 83.5 Å². The lowest BCUT2D eigenvalue weighted by Gasteiger charge is -2.02. The van der Waals surface area contributed by atoms with Crippen LogP contribution in [0.3, 0.4) is 0 Å². The van der Waals surface area contributed by atoms with Crippen LogP contribution >= 0.6 is 0 Å². The summed E-state index contributed by atoms with van der Waals surface area (Å²) in [5.74, 6) is 0. The number of hydrogen-bond donors (Lipinski definition) is 0. The minimum Gasteiger partial charge on any atom is -0.0533 e. The van der Waals surface area contributed by atoms with Crippen LogP contribution in [-0.2, 0) is 0 Å². The highest BCUT2D eigenvalue weighted by atomic mass is 14.0. The summed E-state index contributed by atoms with van der Waals surface area (Å²) >= 11 is 0. The van der Waals surface area contributed by atoms with Gasteiger partial charge in [-0.15, -0.1) is 0 Å². The van der Waals surface area contributed by atoms with Gasteiger partial charge in [0.05, 0.1) is 0 Å². The highest BCUT2D eigenvalue weighted by molar-refractivity contribution is 4.50. The molecule has 0 aliphatic rings. The first-order valence-corrected chi connectivity index (χ1v) is 7.91. The Labute approximate surface area is 111 Å². The molecule has 0 aliphatic carbocycles. The summed E-state index contributed by atoms with van der Waals surface area (Å²) in [6.45, 7) is 9.34. The fourth-order valence-electron chi connectivity index (χ4n) is 2.27. The molecular weight excluding hydrogens is 204 g/mol. The van der Waals surface area contributed by atoms with Crippen molar-refractivity contribution in [3.05, 3.63) is 13.8 Å². The Kier molecular flexibility index (Phi) is 16.0. The average Bonchev–Trinajstić information content (AvgIpc) is 2.35. The van der Waals surface area contributed by atoms with E-state index in [1.54, 1.807) is 0 Å². The van der Waals surface area contributed by atoms with Gasteiger partial charge in [0.15, 0.2) is 0 Å². The van der Waals surface area contributed by atoms with Crippen LogP contribution in [0.15, 0.2) is 0 Å². The largest absolute Gasteiger partial charge is 0.0533 e. The molecule has 0 unspecified atom stereocenters. The summed E-state index contributed by atoms with van der Waals surface area (Å²) in [6.07, 6.45) is 20.2. The molecule has 0 N–H and O–H groups in total. The summed E-state index contributed by atoms with van der Waals surface area (Å²) in [5.41, 5.74) is 0. The van der Waals surface area contributed by atoms with Crippen LogP contribution in [0, 0.1) is 13.8 Å². The maximum Gasteiger partial charge on any atom is -0.0352 e. The standard InChI is InChI=1S/C17H33/c1-3-5-7-9-11-13-15-17-16-14-12-10-8-6-4-2/h1H,2-17H2. The number of unbranched alkanes of at least 4 members (excludes halogenated alkanes) is 14. The Balaban J connectivity index is 2.85. The molecule has 0 rings (SSSR count). The zero-order valence-electron chi connectivity index (χ0n) is 11.9. The third-order valence-electron chi connectivity index (χ3n) is 3.45. The van der Waals surface area contributed by atoms with Crippen molar-refractivity contribution in [3.8, 4) is 0 Å². The van der Waals surface area contributed by atoms with Crippen molar-refractivity contribution in [1.82, 2.24) is 0 Å². The number of hydrogen-bond acceptors (Lipinski definition) is 0. The van der Waals surface area contributed by atoms with E-state index in [4.69, 9.17) is 6.92 Å². The minimum atomic E-state index is 0.869. The molecule has 0 spiro atoms. The first-order chi connectivity index (χ1) is 8.41. The highest BCUT2D eigenvalue weighted by Gasteiger charge is 1.93. The van der Waals surface area contributed by atoms with Crippen molar-refractivity contribution in [2.45, 2.75) is 96.3 Å². The lowest BCUT2D eigenvalue weighted by atomic mass is 10.0. The number of rotatable bonds is 14. The van der Waals surface area contributed by atoms with E-state index in [2.05, 4.69) is 6.92 Å². The molecule has 0 bridgehead atoms. The van der Waals surface area contributed by atoms with Crippen LogP contribution in [0.5, 0.6) is 0 Å². The van der Waals surface area contributed by atoms with Gasteiger partial charge < -0.3 is 0 Å². The average molecular weight is 237 g/mol. The predicted octanol–water partition coefficient (Wildman–Crippen LogP) is 6.38. The predicted molar refractivity (Wildman–Crippen MR) is 78.9 cm³/mol. The summed E-state index contributed by atoms with van der Waals surface area (Å²) in [5, 5.41) is 0. The summed E-state index contributed by atoms with van der Waals surface area (Å²) in [7, 11) is 0. The Bertz CT molecular complexity index is 103. The molecule has 0 heteroatoms. The van der Waals surface area contributed by atoms with Gasteiger partial charge in [-0.2, -0.15) is 0 Å². The van der Waals surface area contributed by atoms with Gasteiger partial charge in [0, 0.05) is 0 Å². The maximum absolute atomic E-state index is 5.46. The van der Waals surface area contributed by atoms with E-state index in [1.807, 2.05) is 0 Å². The fraction of sp³-hybridized carbons (Fsp3) is 0.882. The molecule has 0 nitrogen and oxygen atoms in total. The van der Waals surface area contributed by atoms with Crippen molar-refractivity contribution in [3.63, 3.8) is 0 Å². The SMILES string of the molecule is [CH]CCCCCCCCCCCCCCC[CH2]. The van der Waals surface area contributed by atoms with E-state index in [0.29, 0.717) is 0 Å². The van der Waals surface area contributed by atoms with Gasteiger partial charge in [0.2, 0.25) is 0 Å². The Morgan fingerprint density at radius 3 is 1.06 bits per heavy atom. The molecule has 0 saturated carbocycles. The maximum atomic E-state index is 5.46. The quantitative estimate of drug-likeness (QED) is 0.307. The molecule has 0 atom stereocenters. The summed E-state index contributed by atoms with van der Waals surface area (Å²) < 4.78 is 0. The lowest BCUT2D eigenvalue weighted by Crippen LogP contribution is -1.82. The second kappa shape index (κ2) is 16.0. The van der Waals surface area contributed by atoms with Crippen molar-refractivity contribution >= 4 is 0 Å². The molecule has 101 valence electrons. The molecule has 0 saturated heterocycles. The van der Waals surface area contributed by atoms with Crippen molar-refractivity contribution in [1.29, 1.82) is 0 Å². The van der Waals surface area contributed by atoms with E-state index >= 15 is 0 Å². The van der Waals surface area contributed by atoms with Gasteiger partial charge in [-0.25, -0.2) is 0 Å². The summed E-state index contributed by atoms with van der Waals surface area (Å²) in [4.78, 5) is 0. The van der Waals surface area contributed by atoms with Crippen molar-refractivity contribution in [2.75, 3.05) is 0 Å². The monoisotopic (exact) mass is 237 g/mol. The zero-order valence-corrected chi connectivity index (χ0v) is 11.9. The Morgan fingerprint density at radius 1 is 0.471 bits per heavy atom. The Morgan fingerprint density at radius 2 is 0.765 bits per heavy atom. The lowest BCUT2D eigenvalue weighted by molar-refractivity contribution is 0.537. The van der Waals surface area contributed by atoms with Gasteiger partial charge in [0.1, 0.15) is 0 Å². The minimum absolute atomic E-state index is 0.869. The van der Waals surface area contributed by atoms with Gasteiger partial charge in [-0.3, -0.25) is 0 Å². The third-order valence-corrected chi connectivity index (χ3v) is 3.45. The Hall–Kier alpha value is 0. The summed E-state index contributed by atoms with van der Waals surface area (Å²) in [6, 6.07) is 0. The topological polar surface area (TPSA) is 0 Å². The molecule has 0 fully saturated rings. The molecule has 17 heavy (non-hydrogen) atoms. The fourth-order valence-corrected chi connectivity index (χ4v) is 2.27. The molecular formula is C17H33. The smallest absolute Gasteiger partial charge is 0.0352 e. The molecule has 3 radical (unpaired) electrons.